The van der Waals surface area contributed by atoms with Crippen LogP contribution >= 0.6 is 11.6 Å². The van der Waals surface area contributed by atoms with E-state index >= 15 is 0 Å². The van der Waals surface area contributed by atoms with E-state index in [9.17, 15) is 4.79 Å². The lowest BCUT2D eigenvalue weighted by molar-refractivity contribution is 0.0925. The molecule has 128 valence electrons. The van der Waals surface area contributed by atoms with Gasteiger partial charge in [0.15, 0.2) is 0 Å². The number of hydrogen-bond acceptors (Lipinski definition) is 4. The van der Waals surface area contributed by atoms with Crippen molar-refractivity contribution in [2.45, 2.75) is 32.2 Å². The van der Waals surface area contributed by atoms with E-state index in [4.69, 9.17) is 11.6 Å². The molecule has 0 aromatic carbocycles. The number of carbonyl (C=O) groups excluding carboxylic acids is 1. The van der Waals surface area contributed by atoms with Crippen molar-refractivity contribution in [3.63, 3.8) is 0 Å². The Bertz CT molecular complexity index is 730. The molecule has 1 N–H and O–H groups in total. The number of nitrogens with one attached hydrogen (secondary N) is 1. The highest BCUT2D eigenvalue weighted by Gasteiger charge is 2.24. The first-order chi connectivity index (χ1) is 11.6. The summed E-state index contributed by atoms with van der Waals surface area (Å²) in [4.78, 5) is 23.3. The van der Waals surface area contributed by atoms with Gasteiger partial charge in [0.1, 0.15) is 17.8 Å². The maximum atomic E-state index is 12.5. The summed E-state index contributed by atoms with van der Waals surface area (Å²) in [5, 5.41) is 3.68. The van der Waals surface area contributed by atoms with E-state index in [0.29, 0.717) is 10.7 Å². The Hall–Kier alpha value is -2.08. The van der Waals surface area contributed by atoms with Crippen molar-refractivity contribution >= 4 is 23.3 Å². The Kier molecular flexibility index (Phi) is 5.04. The van der Waals surface area contributed by atoms with E-state index in [0.717, 1.165) is 43.9 Å². The number of rotatable bonds is 4. The van der Waals surface area contributed by atoms with Gasteiger partial charge in [-0.2, -0.15) is 0 Å². The van der Waals surface area contributed by atoms with Crippen molar-refractivity contribution in [3.05, 3.63) is 41.1 Å². The molecule has 1 unspecified atom stereocenters. The molecule has 1 atom stereocenters. The van der Waals surface area contributed by atoms with Gasteiger partial charge in [0, 0.05) is 44.1 Å². The van der Waals surface area contributed by atoms with Crippen molar-refractivity contribution in [2.24, 2.45) is 7.05 Å². The molecule has 0 radical (unpaired) electrons. The van der Waals surface area contributed by atoms with Crippen LogP contribution in [-0.4, -0.2) is 39.6 Å². The summed E-state index contributed by atoms with van der Waals surface area (Å²) in [6, 6.07) is 3.82. The number of nitrogens with zero attached hydrogens (tertiary/aromatic N) is 4. The van der Waals surface area contributed by atoms with Crippen LogP contribution in [0.3, 0.4) is 0 Å². The SMILES string of the molecule is CCc1cc(N2CCCC(NC(=O)c3cc(Cl)cn3C)C2)ncn1. The number of carbonyl (C=O) groups is 1. The summed E-state index contributed by atoms with van der Waals surface area (Å²) in [5.74, 6) is 0.843. The summed E-state index contributed by atoms with van der Waals surface area (Å²) < 4.78 is 1.75. The van der Waals surface area contributed by atoms with Crippen LogP contribution in [0.25, 0.3) is 0 Å². The molecule has 3 heterocycles. The first-order valence-electron chi connectivity index (χ1n) is 8.25. The van der Waals surface area contributed by atoms with Crippen LogP contribution < -0.4 is 10.2 Å². The smallest absolute Gasteiger partial charge is 0.268 e. The van der Waals surface area contributed by atoms with Crippen LogP contribution in [0.4, 0.5) is 5.82 Å². The van der Waals surface area contributed by atoms with Crippen LogP contribution in [0, 0.1) is 0 Å². The third kappa shape index (κ3) is 3.70. The molecule has 1 aliphatic heterocycles. The first kappa shape index (κ1) is 16.8. The molecule has 0 bridgehead atoms. The number of anilines is 1. The fourth-order valence-corrected chi connectivity index (χ4v) is 3.31. The number of aryl methyl sites for hydroxylation is 2. The highest BCUT2D eigenvalue weighted by Crippen LogP contribution is 2.19. The molecule has 0 aliphatic carbocycles. The zero-order valence-corrected chi connectivity index (χ0v) is 14.8. The summed E-state index contributed by atoms with van der Waals surface area (Å²) in [7, 11) is 1.82. The van der Waals surface area contributed by atoms with Crippen molar-refractivity contribution in [1.82, 2.24) is 19.9 Å². The Morgan fingerprint density at radius 3 is 2.96 bits per heavy atom. The second-order valence-electron chi connectivity index (χ2n) is 6.13. The second-order valence-corrected chi connectivity index (χ2v) is 6.57. The van der Waals surface area contributed by atoms with E-state index in [1.165, 1.54) is 0 Å². The Morgan fingerprint density at radius 2 is 2.25 bits per heavy atom. The van der Waals surface area contributed by atoms with Crippen LogP contribution in [-0.2, 0) is 13.5 Å². The third-order valence-corrected chi connectivity index (χ3v) is 4.56. The summed E-state index contributed by atoms with van der Waals surface area (Å²) in [6.45, 7) is 3.78. The predicted octanol–water partition coefficient (Wildman–Crippen LogP) is 2.43. The molecule has 2 aromatic heterocycles. The van der Waals surface area contributed by atoms with Gasteiger partial charge in [-0.25, -0.2) is 9.97 Å². The first-order valence-corrected chi connectivity index (χ1v) is 8.63. The maximum Gasteiger partial charge on any atom is 0.268 e. The van der Waals surface area contributed by atoms with E-state index in [1.54, 1.807) is 23.2 Å². The third-order valence-electron chi connectivity index (χ3n) is 4.36. The predicted molar refractivity (Wildman–Crippen MR) is 94.5 cm³/mol. The molecule has 0 spiro atoms. The van der Waals surface area contributed by atoms with Crippen LogP contribution in [0.2, 0.25) is 5.02 Å². The van der Waals surface area contributed by atoms with Crippen LogP contribution in [0.1, 0.15) is 35.9 Å². The Morgan fingerprint density at radius 1 is 1.42 bits per heavy atom. The highest BCUT2D eigenvalue weighted by molar-refractivity contribution is 6.31. The lowest BCUT2D eigenvalue weighted by Gasteiger charge is -2.34. The number of piperidine rings is 1. The fraction of sp³-hybridized carbons (Fsp3) is 0.471. The highest BCUT2D eigenvalue weighted by atomic mass is 35.5. The summed E-state index contributed by atoms with van der Waals surface area (Å²) in [5.41, 5.74) is 1.61. The quantitative estimate of drug-likeness (QED) is 0.922. The number of halogens is 1. The lowest BCUT2D eigenvalue weighted by Crippen LogP contribution is -2.48. The molecule has 1 fully saturated rings. The van der Waals surface area contributed by atoms with Gasteiger partial charge in [0.2, 0.25) is 0 Å². The molecule has 7 heteroatoms. The van der Waals surface area contributed by atoms with Gasteiger partial charge in [-0.05, 0) is 25.3 Å². The number of amides is 1. The average molecular weight is 348 g/mol. The summed E-state index contributed by atoms with van der Waals surface area (Å²) >= 11 is 5.96. The molecule has 1 amide bonds. The van der Waals surface area contributed by atoms with Gasteiger partial charge in [0.05, 0.1) is 5.02 Å². The van der Waals surface area contributed by atoms with E-state index in [1.807, 2.05) is 13.1 Å². The zero-order valence-electron chi connectivity index (χ0n) is 14.0. The maximum absolute atomic E-state index is 12.5. The van der Waals surface area contributed by atoms with Gasteiger partial charge in [0.25, 0.3) is 5.91 Å². The molecule has 24 heavy (non-hydrogen) atoms. The number of hydrogen-bond donors (Lipinski definition) is 1. The molecule has 3 rings (SSSR count). The largest absolute Gasteiger partial charge is 0.354 e. The lowest BCUT2D eigenvalue weighted by atomic mass is 10.1. The van der Waals surface area contributed by atoms with Gasteiger partial charge in [-0.3, -0.25) is 4.79 Å². The average Bonchev–Trinajstić information content (AvgIpc) is 2.93. The van der Waals surface area contributed by atoms with Crippen molar-refractivity contribution < 1.29 is 4.79 Å². The summed E-state index contributed by atoms with van der Waals surface area (Å²) in [6.07, 6.45) is 6.22. The van der Waals surface area contributed by atoms with Gasteiger partial charge in [-0.1, -0.05) is 18.5 Å². The Labute approximate surface area is 146 Å². The van der Waals surface area contributed by atoms with Crippen LogP contribution in [0.5, 0.6) is 0 Å². The molecule has 2 aromatic rings. The van der Waals surface area contributed by atoms with E-state index in [2.05, 4.69) is 27.1 Å². The number of aromatic nitrogens is 3. The fourth-order valence-electron chi connectivity index (χ4n) is 3.06. The molecule has 1 saturated heterocycles. The normalized spacial score (nSPS) is 17.8. The van der Waals surface area contributed by atoms with Gasteiger partial charge < -0.3 is 14.8 Å². The molecule has 1 aliphatic rings. The monoisotopic (exact) mass is 347 g/mol. The standard InChI is InChI=1S/C17H22ClN5O/c1-3-13-8-16(20-11-19-13)23-6-4-5-14(10-23)21-17(24)15-7-12(18)9-22(15)2/h7-9,11,14H,3-6,10H2,1-2H3,(H,21,24). The second kappa shape index (κ2) is 7.21. The topological polar surface area (TPSA) is 63.1 Å². The van der Waals surface area contributed by atoms with Gasteiger partial charge in [-0.15, -0.1) is 0 Å². The van der Waals surface area contributed by atoms with Crippen molar-refractivity contribution in [1.29, 1.82) is 0 Å². The molecular formula is C17H22ClN5O. The minimum Gasteiger partial charge on any atom is -0.354 e. The Balaban J connectivity index is 1.67. The zero-order chi connectivity index (χ0) is 17.1. The van der Waals surface area contributed by atoms with Crippen molar-refractivity contribution in [3.8, 4) is 0 Å². The molecule has 0 saturated carbocycles. The van der Waals surface area contributed by atoms with Crippen molar-refractivity contribution in [2.75, 3.05) is 18.0 Å². The van der Waals surface area contributed by atoms with Gasteiger partial charge >= 0.3 is 0 Å². The van der Waals surface area contributed by atoms with E-state index < -0.39 is 0 Å². The minimum absolute atomic E-state index is 0.0896. The molecular weight excluding hydrogens is 326 g/mol. The molecule has 6 nitrogen and oxygen atoms in total. The van der Waals surface area contributed by atoms with Crippen LogP contribution in [0.15, 0.2) is 24.7 Å². The van der Waals surface area contributed by atoms with E-state index in [-0.39, 0.29) is 11.9 Å². The minimum atomic E-state index is -0.0896.